The summed E-state index contributed by atoms with van der Waals surface area (Å²) in [6.45, 7) is 3.53. The molecule has 60 heavy (non-hydrogen) atoms. The fourth-order valence-electron chi connectivity index (χ4n) is 6.38. The van der Waals surface area contributed by atoms with Gasteiger partial charge in [-0.25, -0.2) is 4.57 Å². The molecule has 0 aliphatic heterocycles. The van der Waals surface area contributed by atoms with Gasteiger partial charge in [0, 0.05) is 19.4 Å². The molecule has 0 aliphatic rings. The lowest BCUT2D eigenvalue weighted by Crippen LogP contribution is -2.29. The molecule has 0 saturated carbocycles. The molecule has 0 radical (unpaired) electrons. The van der Waals surface area contributed by atoms with Gasteiger partial charge in [0.05, 0.1) is 19.3 Å². The predicted octanol–water partition coefficient (Wildman–Crippen LogP) is 13.0. The van der Waals surface area contributed by atoms with Crippen molar-refractivity contribution in [2.75, 3.05) is 26.4 Å². The van der Waals surface area contributed by atoms with Crippen LogP contribution in [0.2, 0.25) is 0 Å². The Balaban J connectivity index is 4.20. The maximum Gasteiger partial charge on any atom is 0.472 e. The summed E-state index contributed by atoms with van der Waals surface area (Å²) in [7, 11) is -4.41. The monoisotopic (exact) mass is 866 g/mol. The molecule has 0 rings (SSSR count). The van der Waals surface area contributed by atoms with E-state index in [1.807, 2.05) is 36.5 Å². The van der Waals surface area contributed by atoms with Crippen molar-refractivity contribution in [2.45, 2.75) is 212 Å². The molecule has 0 aromatic heterocycles. The first-order valence-electron chi connectivity index (χ1n) is 23.9. The molecule has 0 amide bonds. The van der Waals surface area contributed by atoms with Gasteiger partial charge in [-0.3, -0.25) is 18.6 Å². The van der Waals surface area contributed by atoms with E-state index in [4.69, 9.17) is 24.3 Å². The number of hydrogen-bond donors (Lipinski definition) is 3. The number of carbonyl (C=O) groups is 2. The van der Waals surface area contributed by atoms with Gasteiger partial charge in [0.15, 0.2) is 6.10 Å². The van der Waals surface area contributed by atoms with Crippen molar-refractivity contribution in [1.82, 2.24) is 0 Å². The Hall–Kier alpha value is -2.33. The zero-order valence-electron chi connectivity index (χ0n) is 38.0. The molecule has 4 N–H and O–H groups in total. The van der Waals surface area contributed by atoms with Gasteiger partial charge in [-0.1, -0.05) is 184 Å². The van der Waals surface area contributed by atoms with Crippen molar-refractivity contribution in [1.29, 1.82) is 0 Å². The third kappa shape index (κ3) is 43.7. The van der Waals surface area contributed by atoms with Gasteiger partial charge in [0.1, 0.15) is 6.61 Å². The van der Waals surface area contributed by atoms with Gasteiger partial charge in [0.25, 0.3) is 0 Å². The largest absolute Gasteiger partial charge is 0.472 e. The van der Waals surface area contributed by atoms with E-state index in [2.05, 4.69) is 38.2 Å². The summed E-state index contributed by atoms with van der Waals surface area (Å²) in [4.78, 5) is 34.9. The average molecular weight is 866 g/mol. The van der Waals surface area contributed by atoms with E-state index in [-0.39, 0.29) is 38.7 Å². The van der Waals surface area contributed by atoms with E-state index >= 15 is 0 Å². The standard InChI is InChI=1S/C49H88NO9P/c1-3-5-7-8-9-10-11-12-13-14-15-16-17-18-19-20-23-26-29-32-36-40-48(52)56-44-47(45-58-60(54,55)57-43-42-50)59-49(53)41-37-33-30-27-24-21-22-25-28-31-35-39-46(51)38-34-6-4-2/h12-13,21-22,27-28,30-31,35,39,46-47,51H,3-11,14-20,23-26,29,32-34,36-38,40-45,50H2,1-2H3,(H,54,55)/b13-12-,22-21-,30-27-,31-28-,39-35+/t46-,47+/m0/s1. The minimum Gasteiger partial charge on any atom is -0.462 e. The average Bonchev–Trinajstić information content (AvgIpc) is 3.23. The van der Waals surface area contributed by atoms with E-state index in [0.717, 1.165) is 64.2 Å². The fraction of sp³-hybridized carbons (Fsp3) is 0.755. The van der Waals surface area contributed by atoms with Crippen molar-refractivity contribution in [3.8, 4) is 0 Å². The Morgan fingerprint density at radius 3 is 1.70 bits per heavy atom. The number of carbonyl (C=O) groups excluding carboxylic acids is 2. The number of ether oxygens (including phenoxy) is 2. The maximum absolute atomic E-state index is 12.6. The van der Waals surface area contributed by atoms with Crippen molar-refractivity contribution in [2.24, 2.45) is 5.73 Å². The molecule has 0 spiro atoms. The SMILES string of the molecule is CCCCCCCC/C=C\CCCCCCCCCCCCCC(=O)OC[C@H](COP(=O)(O)OCCN)OC(=O)CCC/C=C\C/C=C\C/C=C\C=C\[C@@H](O)CCCCC. The van der Waals surface area contributed by atoms with Crippen LogP contribution in [-0.4, -0.2) is 60.5 Å². The van der Waals surface area contributed by atoms with E-state index in [1.165, 1.54) is 96.3 Å². The summed E-state index contributed by atoms with van der Waals surface area (Å²) < 4.78 is 32.8. The van der Waals surface area contributed by atoms with Crippen LogP contribution in [0.4, 0.5) is 0 Å². The molecule has 0 heterocycles. The van der Waals surface area contributed by atoms with Crippen LogP contribution in [0, 0.1) is 0 Å². The lowest BCUT2D eigenvalue weighted by Gasteiger charge is -2.19. The number of phosphoric ester groups is 1. The zero-order chi connectivity index (χ0) is 44.0. The Morgan fingerprint density at radius 2 is 1.08 bits per heavy atom. The van der Waals surface area contributed by atoms with E-state index < -0.39 is 32.5 Å². The quantitative estimate of drug-likeness (QED) is 0.0177. The predicted molar refractivity (Wildman–Crippen MR) is 249 cm³/mol. The number of unbranched alkanes of at least 4 members (excludes halogenated alkanes) is 20. The molecule has 0 aliphatic carbocycles. The molecule has 1 unspecified atom stereocenters. The molecule has 348 valence electrons. The van der Waals surface area contributed by atoms with E-state index in [0.29, 0.717) is 12.8 Å². The third-order valence-corrected chi connectivity index (χ3v) is 11.0. The number of aliphatic hydroxyl groups is 1. The highest BCUT2D eigenvalue weighted by atomic mass is 31.2. The van der Waals surface area contributed by atoms with Crippen LogP contribution in [0.3, 0.4) is 0 Å². The Bertz CT molecular complexity index is 1190. The Morgan fingerprint density at radius 1 is 0.583 bits per heavy atom. The molecule has 3 atom stereocenters. The summed E-state index contributed by atoms with van der Waals surface area (Å²) in [5.41, 5.74) is 5.35. The number of nitrogens with two attached hydrogens (primary N) is 1. The molecule has 0 fully saturated rings. The number of rotatable bonds is 44. The normalized spacial score (nSPS) is 14.3. The summed E-state index contributed by atoms with van der Waals surface area (Å²) >= 11 is 0. The minimum atomic E-state index is -4.41. The van der Waals surface area contributed by atoms with Crippen LogP contribution >= 0.6 is 7.82 Å². The minimum absolute atomic E-state index is 0.0352. The van der Waals surface area contributed by atoms with Crippen molar-refractivity contribution in [3.63, 3.8) is 0 Å². The van der Waals surface area contributed by atoms with Crippen LogP contribution in [0.1, 0.15) is 200 Å². The molecule has 0 saturated heterocycles. The summed E-state index contributed by atoms with van der Waals surface area (Å²) in [5, 5.41) is 9.90. The number of allylic oxidation sites excluding steroid dienone is 9. The van der Waals surface area contributed by atoms with Crippen LogP contribution in [0.15, 0.2) is 60.8 Å². The van der Waals surface area contributed by atoms with E-state index in [9.17, 15) is 24.2 Å². The lowest BCUT2D eigenvalue weighted by atomic mass is 10.0. The molecular formula is C49H88NO9P. The van der Waals surface area contributed by atoms with Crippen LogP contribution < -0.4 is 5.73 Å². The zero-order valence-corrected chi connectivity index (χ0v) is 38.9. The maximum atomic E-state index is 12.6. The van der Waals surface area contributed by atoms with Crippen molar-refractivity contribution in [3.05, 3.63) is 60.8 Å². The molecule has 0 aromatic carbocycles. The van der Waals surface area contributed by atoms with Gasteiger partial charge in [0.2, 0.25) is 0 Å². The first kappa shape index (κ1) is 57.7. The number of phosphoric acid groups is 1. The van der Waals surface area contributed by atoms with Crippen LogP contribution in [0.5, 0.6) is 0 Å². The van der Waals surface area contributed by atoms with Gasteiger partial charge < -0.3 is 25.2 Å². The molecule has 10 nitrogen and oxygen atoms in total. The van der Waals surface area contributed by atoms with Gasteiger partial charge in [-0.05, 0) is 64.2 Å². The highest BCUT2D eigenvalue weighted by Gasteiger charge is 2.26. The summed E-state index contributed by atoms with van der Waals surface area (Å²) in [6.07, 6.45) is 50.2. The Labute approximate surface area is 366 Å². The van der Waals surface area contributed by atoms with Crippen LogP contribution in [0.25, 0.3) is 0 Å². The van der Waals surface area contributed by atoms with Crippen molar-refractivity contribution >= 4 is 19.8 Å². The molecule has 0 bridgehead atoms. The smallest absolute Gasteiger partial charge is 0.462 e. The van der Waals surface area contributed by atoms with E-state index in [1.54, 1.807) is 0 Å². The molecule has 11 heteroatoms. The lowest BCUT2D eigenvalue weighted by molar-refractivity contribution is -0.161. The molecule has 0 aromatic rings. The highest BCUT2D eigenvalue weighted by molar-refractivity contribution is 7.47. The van der Waals surface area contributed by atoms with Crippen molar-refractivity contribution < 1.29 is 42.7 Å². The summed E-state index contributed by atoms with van der Waals surface area (Å²) in [5.74, 6) is -0.921. The second kappa shape index (κ2) is 44.7. The van der Waals surface area contributed by atoms with Gasteiger partial charge in [-0.2, -0.15) is 0 Å². The summed E-state index contributed by atoms with van der Waals surface area (Å²) in [6, 6.07) is 0. The van der Waals surface area contributed by atoms with Gasteiger partial charge in [-0.15, -0.1) is 0 Å². The third-order valence-electron chi connectivity index (χ3n) is 9.98. The number of hydrogen-bond acceptors (Lipinski definition) is 9. The van der Waals surface area contributed by atoms with Gasteiger partial charge >= 0.3 is 19.8 Å². The highest BCUT2D eigenvalue weighted by Crippen LogP contribution is 2.43. The number of esters is 2. The second-order valence-electron chi connectivity index (χ2n) is 15.8. The fourth-order valence-corrected chi connectivity index (χ4v) is 7.14. The molecular weight excluding hydrogens is 778 g/mol. The number of aliphatic hydroxyl groups excluding tert-OH is 1. The first-order chi connectivity index (χ1) is 29.2. The second-order valence-corrected chi connectivity index (χ2v) is 17.3. The topological polar surface area (TPSA) is 155 Å². The first-order valence-corrected chi connectivity index (χ1v) is 25.4. The Kier molecular flexibility index (Phi) is 43.0. The van der Waals surface area contributed by atoms with Crippen LogP contribution in [-0.2, 0) is 32.7 Å².